The molecule has 0 radical (unpaired) electrons. The van der Waals surface area contributed by atoms with E-state index in [4.69, 9.17) is 20.4 Å². The molecule has 74 valence electrons. The minimum atomic E-state index is 0.0145. The Labute approximate surface area is 76.4 Å². The zero-order chi connectivity index (χ0) is 9.68. The Balaban J connectivity index is 2.63. The third-order valence-electron chi connectivity index (χ3n) is 1.66. The van der Waals surface area contributed by atoms with E-state index in [1.165, 1.54) is 0 Å². The van der Waals surface area contributed by atoms with Crippen LogP contribution in [0.25, 0.3) is 0 Å². The third-order valence-corrected chi connectivity index (χ3v) is 1.66. The van der Waals surface area contributed by atoms with Crippen molar-refractivity contribution in [1.29, 1.82) is 0 Å². The van der Waals surface area contributed by atoms with Crippen LogP contribution in [0.3, 0.4) is 0 Å². The van der Waals surface area contributed by atoms with Gasteiger partial charge < -0.3 is 25.3 Å². The van der Waals surface area contributed by atoms with E-state index in [-0.39, 0.29) is 13.2 Å². The summed E-state index contributed by atoms with van der Waals surface area (Å²) in [6.07, 6.45) is 0. The van der Waals surface area contributed by atoms with Crippen molar-refractivity contribution >= 4 is 11.8 Å². The molecule has 5 nitrogen and oxygen atoms in total. The fraction of sp³-hybridized carbons (Fsp3) is 0.500. The van der Waals surface area contributed by atoms with E-state index >= 15 is 0 Å². The molecule has 0 saturated heterocycles. The van der Waals surface area contributed by atoms with Gasteiger partial charge in [0.25, 0.3) is 0 Å². The number of anilines is 2. The summed E-state index contributed by atoms with van der Waals surface area (Å²) in [7, 11) is 0. The van der Waals surface area contributed by atoms with Gasteiger partial charge in [-0.15, -0.1) is 0 Å². The molecule has 0 spiro atoms. The Morgan fingerprint density at radius 2 is 1.85 bits per heavy atom. The van der Waals surface area contributed by atoms with Crippen LogP contribution in [-0.2, 0) is 0 Å². The standard InChI is InChI=1S/C8H14N2O3/c9-7-1-2-8(13-7)10(3-5-11)4-6-12/h1-2,11-12H,3-6,9H2. The zero-order valence-corrected chi connectivity index (χ0v) is 7.31. The van der Waals surface area contributed by atoms with Crippen LogP contribution >= 0.6 is 0 Å². The summed E-state index contributed by atoms with van der Waals surface area (Å²) in [4.78, 5) is 1.72. The van der Waals surface area contributed by atoms with Gasteiger partial charge in [-0.3, -0.25) is 0 Å². The van der Waals surface area contributed by atoms with Crippen LogP contribution in [0, 0.1) is 0 Å². The first kappa shape index (κ1) is 9.88. The highest BCUT2D eigenvalue weighted by molar-refractivity contribution is 5.42. The average molecular weight is 186 g/mol. The molecule has 5 heteroatoms. The van der Waals surface area contributed by atoms with Crippen LogP contribution < -0.4 is 10.6 Å². The van der Waals surface area contributed by atoms with Gasteiger partial charge in [-0.25, -0.2) is 0 Å². The third kappa shape index (κ3) is 2.64. The van der Waals surface area contributed by atoms with Crippen LogP contribution in [0.1, 0.15) is 0 Å². The number of aliphatic hydroxyl groups is 2. The molecule has 1 aromatic rings. The van der Waals surface area contributed by atoms with Gasteiger partial charge in [-0.05, 0) is 0 Å². The van der Waals surface area contributed by atoms with Gasteiger partial charge in [-0.2, -0.15) is 0 Å². The largest absolute Gasteiger partial charge is 0.425 e. The van der Waals surface area contributed by atoms with Gasteiger partial charge in [0.1, 0.15) is 0 Å². The fourth-order valence-electron chi connectivity index (χ4n) is 1.09. The molecule has 13 heavy (non-hydrogen) atoms. The van der Waals surface area contributed by atoms with E-state index in [0.29, 0.717) is 24.9 Å². The molecule has 0 bridgehead atoms. The summed E-state index contributed by atoms with van der Waals surface area (Å²) in [6, 6.07) is 3.34. The predicted octanol–water partition coefficient (Wildman–Crippen LogP) is -0.347. The number of aliphatic hydroxyl groups excluding tert-OH is 2. The summed E-state index contributed by atoms with van der Waals surface area (Å²) in [5.74, 6) is 0.900. The van der Waals surface area contributed by atoms with Crippen LogP contribution in [0.5, 0.6) is 0 Å². The second-order valence-electron chi connectivity index (χ2n) is 2.61. The molecule has 1 aromatic heterocycles. The first-order chi connectivity index (χ1) is 6.27. The number of nitrogens with zero attached hydrogens (tertiary/aromatic N) is 1. The molecule has 0 unspecified atom stereocenters. The molecule has 0 fully saturated rings. The fourth-order valence-corrected chi connectivity index (χ4v) is 1.09. The lowest BCUT2D eigenvalue weighted by Crippen LogP contribution is -2.29. The van der Waals surface area contributed by atoms with Crippen molar-refractivity contribution in [3.8, 4) is 0 Å². The van der Waals surface area contributed by atoms with Crippen molar-refractivity contribution in [1.82, 2.24) is 0 Å². The van der Waals surface area contributed by atoms with Crippen LogP contribution in [0.15, 0.2) is 16.5 Å². The summed E-state index contributed by atoms with van der Waals surface area (Å²) < 4.78 is 5.13. The van der Waals surface area contributed by atoms with Gasteiger partial charge in [0, 0.05) is 25.2 Å². The number of nitrogen functional groups attached to an aromatic ring is 1. The Bertz CT molecular complexity index is 243. The normalized spacial score (nSPS) is 10.3. The zero-order valence-electron chi connectivity index (χ0n) is 7.31. The Kier molecular flexibility index (Phi) is 3.60. The van der Waals surface area contributed by atoms with Gasteiger partial charge in [0.15, 0.2) is 11.8 Å². The van der Waals surface area contributed by atoms with Crippen molar-refractivity contribution in [3.63, 3.8) is 0 Å². The van der Waals surface area contributed by atoms with E-state index in [1.54, 1.807) is 17.0 Å². The lowest BCUT2D eigenvalue weighted by molar-refractivity contribution is 0.277. The topological polar surface area (TPSA) is 82.9 Å². The molecule has 0 aliphatic heterocycles. The number of rotatable bonds is 5. The smallest absolute Gasteiger partial charge is 0.198 e. The Morgan fingerprint density at radius 1 is 1.23 bits per heavy atom. The molecule has 1 rings (SSSR count). The second-order valence-corrected chi connectivity index (χ2v) is 2.61. The minimum absolute atomic E-state index is 0.0145. The molecule has 0 amide bonds. The maximum atomic E-state index is 8.74. The van der Waals surface area contributed by atoms with Crippen LogP contribution in [-0.4, -0.2) is 36.5 Å². The maximum Gasteiger partial charge on any atom is 0.198 e. The molecule has 0 saturated carbocycles. The SMILES string of the molecule is Nc1ccc(N(CCO)CCO)o1. The molecule has 0 atom stereocenters. The summed E-state index contributed by atoms with van der Waals surface area (Å²) in [6.45, 7) is 0.877. The van der Waals surface area contributed by atoms with Crippen molar-refractivity contribution in [2.75, 3.05) is 36.9 Å². The van der Waals surface area contributed by atoms with Crippen LogP contribution in [0.2, 0.25) is 0 Å². The quantitative estimate of drug-likeness (QED) is 0.585. The molecular weight excluding hydrogens is 172 g/mol. The Morgan fingerprint density at radius 3 is 2.23 bits per heavy atom. The van der Waals surface area contributed by atoms with E-state index in [0.717, 1.165) is 0 Å². The van der Waals surface area contributed by atoms with Crippen molar-refractivity contribution in [2.45, 2.75) is 0 Å². The Hall–Kier alpha value is -1.20. The second kappa shape index (κ2) is 4.74. The highest BCUT2D eigenvalue weighted by Gasteiger charge is 2.08. The van der Waals surface area contributed by atoms with Gasteiger partial charge in [0.2, 0.25) is 0 Å². The van der Waals surface area contributed by atoms with Crippen molar-refractivity contribution in [2.24, 2.45) is 0 Å². The summed E-state index contributed by atoms with van der Waals surface area (Å²) in [5, 5.41) is 17.5. The monoisotopic (exact) mass is 186 g/mol. The highest BCUT2D eigenvalue weighted by Crippen LogP contribution is 2.18. The van der Waals surface area contributed by atoms with Crippen LogP contribution in [0.4, 0.5) is 11.8 Å². The van der Waals surface area contributed by atoms with Crippen molar-refractivity contribution < 1.29 is 14.6 Å². The average Bonchev–Trinajstić information content (AvgIpc) is 2.51. The molecule has 1 heterocycles. The number of hydrogen-bond acceptors (Lipinski definition) is 5. The molecule has 0 aliphatic carbocycles. The first-order valence-electron chi connectivity index (χ1n) is 4.10. The lowest BCUT2D eigenvalue weighted by atomic mass is 10.4. The van der Waals surface area contributed by atoms with Gasteiger partial charge in [-0.1, -0.05) is 0 Å². The van der Waals surface area contributed by atoms with E-state index in [9.17, 15) is 0 Å². The van der Waals surface area contributed by atoms with Gasteiger partial charge >= 0.3 is 0 Å². The van der Waals surface area contributed by atoms with E-state index < -0.39 is 0 Å². The molecule has 0 aliphatic rings. The number of hydrogen-bond donors (Lipinski definition) is 3. The van der Waals surface area contributed by atoms with Gasteiger partial charge in [0.05, 0.1) is 13.2 Å². The number of nitrogens with two attached hydrogens (primary N) is 1. The summed E-state index contributed by atoms with van der Waals surface area (Å²) >= 11 is 0. The molecule has 4 N–H and O–H groups in total. The lowest BCUT2D eigenvalue weighted by Gasteiger charge is -2.18. The van der Waals surface area contributed by atoms with E-state index in [2.05, 4.69) is 0 Å². The maximum absolute atomic E-state index is 8.74. The van der Waals surface area contributed by atoms with E-state index in [1.807, 2.05) is 0 Å². The minimum Gasteiger partial charge on any atom is -0.425 e. The first-order valence-corrected chi connectivity index (χ1v) is 4.10. The summed E-state index contributed by atoms with van der Waals surface area (Å²) in [5.41, 5.74) is 5.39. The highest BCUT2D eigenvalue weighted by atomic mass is 16.4. The van der Waals surface area contributed by atoms with Crippen molar-refractivity contribution in [3.05, 3.63) is 12.1 Å². The predicted molar refractivity (Wildman–Crippen MR) is 49.5 cm³/mol. The molecule has 0 aromatic carbocycles. The number of furan rings is 1. The molecular formula is C8H14N2O3.